The summed E-state index contributed by atoms with van der Waals surface area (Å²) in [6.45, 7) is 0.627. The lowest BCUT2D eigenvalue weighted by Crippen LogP contribution is -2.02. The predicted octanol–water partition coefficient (Wildman–Crippen LogP) is 0.362. The van der Waals surface area contributed by atoms with Crippen molar-refractivity contribution in [1.29, 1.82) is 0 Å². The molecule has 74 valence electrons. The van der Waals surface area contributed by atoms with Gasteiger partial charge >= 0.3 is 0 Å². The molecule has 6 heteroatoms. The highest BCUT2D eigenvalue weighted by Gasteiger charge is 2.04. The fourth-order valence-electron chi connectivity index (χ4n) is 1.13. The van der Waals surface area contributed by atoms with Crippen LogP contribution in [0.2, 0.25) is 0 Å². The van der Waals surface area contributed by atoms with Gasteiger partial charge in [-0.1, -0.05) is 11.8 Å². The van der Waals surface area contributed by atoms with E-state index < -0.39 is 0 Å². The second kappa shape index (κ2) is 3.85. The van der Waals surface area contributed by atoms with Crippen LogP contribution in [0.25, 0.3) is 5.65 Å². The number of thioether (sulfide) groups is 1. The number of nitrogens with two attached hydrogens (primary N) is 2. The highest BCUT2D eigenvalue weighted by molar-refractivity contribution is 7.99. The number of aromatic nitrogens is 3. The molecule has 4 N–H and O–H groups in total. The Labute approximate surface area is 85.5 Å². The average molecular weight is 209 g/mol. The normalized spacial score (nSPS) is 10.9. The standard InChI is InChI=1S/C8H11N5S/c9-3-4-14-8-12-11-7-2-1-6(10)5-13(7)8/h1-2,5H,3-4,9-10H2. The highest BCUT2D eigenvalue weighted by Crippen LogP contribution is 2.17. The molecular weight excluding hydrogens is 198 g/mol. The molecule has 0 aliphatic carbocycles. The van der Waals surface area contributed by atoms with Gasteiger partial charge < -0.3 is 11.5 Å². The van der Waals surface area contributed by atoms with Crippen molar-refractivity contribution in [2.24, 2.45) is 5.73 Å². The maximum atomic E-state index is 5.67. The number of nitrogens with zero attached hydrogens (tertiary/aromatic N) is 3. The number of hydrogen-bond donors (Lipinski definition) is 2. The average Bonchev–Trinajstić information content (AvgIpc) is 2.57. The van der Waals surface area contributed by atoms with Gasteiger partial charge in [-0.25, -0.2) is 0 Å². The molecule has 14 heavy (non-hydrogen) atoms. The van der Waals surface area contributed by atoms with Crippen LogP contribution in [0.5, 0.6) is 0 Å². The Morgan fingerprint density at radius 1 is 1.36 bits per heavy atom. The van der Waals surface area contributed by atoms with E-state index in [1.54, 1.807) is 17.8 Å². The van der Waals surface area contributed by atoms with E-state index in [-0.39, 0.29) is 0 Å². The van der Waals surface area contributed by atoms with Crippen LogP contribution < -0.4 is 11.5 Å². The molecule has 0 aliphatic heterocycles. The van der Waals surface area contributed by atoms with E-state index in [1.807, 2.05) is 16.7 Å². The lowest BCUT2D eigenvalue weighted by atomic mass is 10.4. The first-order valence-electron chi connectivity index (χ1n) is 4.24. The van der Waals surface area contributed by atoms with E-state index in [1.165, 1.54) is 0 Å². The zero-order valence-corrected chi connectivity index (χ0v) is 8.37. The number of pyridine rings is 1. The van der Waals surface area contributed by atoms with E-state index in [2.05, 4.69) is 10.2 Å². The zero-order chi connectivity index (χ0) is 9.97. The van der Waals surface area contributed by atoms with E-state index in [0.717, 1.165) is 16.6 Å². The van der Waals surface area contributed by atoms with Crippen molar-refractivity contribution >= 4 is 23.1 Å². The van der Waals surface area contributed by atoms with E-state index in [9.17, 15) is 0 Å². The first-order valence-corrected chi connectivity index (χ1v) is 5.23. The van der Waals surface area contributed by atoms with Gasteiger partial charge in [-0.2, -0.15) is 0 Å². The summed E-state index contributed by atoms with van der Waals surface area (Å²) in [7, 11) is 0. The molecule has 2 heterocycles. The fourth-order valence-corrected chi connectivity index (χ4v) is 1.82. The van der Waals surface area contributed by atoms with Crippen LogP contribution in [0.4, 0.5) is 5.69 Å². The largest absolute Gasteiger partial charge is 0.398 e. The molecule has 0 saturated carbocycles. The van der Waals surface area contributed by atoms with E-state index >= 15 is 0 Å². The molecule has 0 radical (unpaired) electrons. The summed E-state index contributed by atoms with van der Waals surface area (Å²) in [6, 6.07) is 3.65. The van der Waals surface area contributed by atoms with Gasteiger partial charge in [0.05, 0.1) is 0 Å². The van der Waals surface area contributed by atoms with Crippen LogP contribution in [-0.2, 0) is 0 Å². The number of fused-ring (bicyclic) bond motifs is 1. The van der Waals surface area contributed by atoms with Crippen molar-refractivity contribution in [2.75, 3.05) is 18.0 Å². The zero-order valence-electron chi connectivity index (χ0n) is 7.55. The van der Waals surface area contributed by atoms with Crippen molar-refractivity contribution in [3.8, 4) is 0 Å². The molecule has 2 aromatic heterocycles. The summed E-state index contributed by atoms with van der Waals surface area (Å²) in [5, 5.41) is 8.88. The first kappa shape index (κ1) is 9.29. The Morgan fingerprint density at radius 3 is 3.00 bits per heavy atom. The molecule has 0 spiro atoms. The summed E-state index contributed by atoms with van der Waals surface area (Å²) in [4.78, 5) is 0. The third kappa shape index (κ3) is 1.66. The minimum Gasteiger partial charge on any atom is -0.398 e. The molecular formula is C8H11N5S. The van der Waals surface area contributed by atoms with Gasteiger partial charge in [0, 0.05) is 24.2 Å². The molecule has 0 atom stereocenters. The second-order valence-electron chi connectivity index (χ2n) is 2.81. The van der Waals surface area contributed by atoms with Crippen molar-refractivity contribution < 1.29 is 0 Å². The molecule has 0 fully saturated rings. The summed E-state index contributed by atoms with van der Waals surface area (Å²) in [6.07, 6.45) is 1.81. The van der Waals surface area contributed by atoms with E-state index in [0.29, 0.717) is 12.2 Å². The number of anilines is 1. The van der Waals surface area contributed by atoms with Crippen molar-refractivity contribution in [2.45, 2.75) is 5.16 Å². The Bertz CT molecular complexity index is 438. The van der Waals surface area contributed by atoms with Gasteiger partial charge in [0.1, 0.15) is 0 Å². The first-order chi connectivity index (χ1) is 6.81. The lowest BCUT2D eigenvalue weighted by molar-refractivity contribution is 0.921. The predicted molar refractivity (Wildman–Crippen MR) is 57.2 cm³/mol. The Balaban J connectivity index is 2.40. The van der Waals surface area contributed by atoms with Crippen LogP contribution in [0, 0.1) is 0 Å². The maximum Gasteiger partial charge on any atom is 0.195 e. The summed E-state index contributed by atoms with van der Waals surface area (Å²) in [5.74, 6) is 0.829. The lowest BCUT2D eigenvalue weighted by Gasteiger charge is -1.98. The van der Waals surface area contributed by atoms with Crippen molar-refractivity contribution in [3.05, 3.63) is 18.3 Å². The highest BCUT2D eigenvalue weighted by atomic mass is 32.2. The molecule has 0 bridgehead atoms. The topological polar surface area (TPSA) is 82.2 Å². The summed E-state index contributed by atoms with van der Waals surface area (Å²) < 4.78 is 1.87. The Morgan fingerprint density at radius 2 is 2.21 bits per heavy atom. The monoisotopic (exact) mass is 209 g/mol. The molecule has 2 aromatic rings. The van der Waals surface area contributed by atoms with Crippen LogP contribution in [0.1, 0.15) is 0 Å². The quantitative estimate of drug-likeness (QED) is 0.713. The third-order valence-electron chi connectivity index (χ3n) is 1.74. The number of nitrogen functional groups attached to an aromatic ring is 1. The summed E-state index contributed by atoms with van der Waals surface area (Å²) in [5.41, 5.74) is 12.6. The van der Waals surface area contributed by atoms with E-state index in [4.69, 9.17) is 11.5 Å². The third-order valence-corrected chi connectivity index (χ3v) is 2.72. The van der Waals surface area contributed by atoms with Crippen molar-refractivity contribution in [1.82, 2.24) is 14.6 Å². The Hall–Kier alpha value is -1.27. The minimum absolute atomic E-state index is 0.627. The number of rotatable bonds is 3. The molecule has 2 rings (SSSR count). The van der Waals surface area contributed by atoms with Gasteiger partial charge in [0.15, 0.2) is 10.8 Å². The molecule has 0 aromatic carbocycles. The molecule has 5 nitrogen and oxygen atoms in total. The number of hydrogen-bond acceptors (Lipinski definition) is 5. The van der Waals surface area contributed by atoms with Gasteiger partial charge in [-0.3, -0.25) is 4.40 Å². The molecule has 0 aliphatic rings. The minimum atomic E-state index is 0.627. The second-order valence-corrected chi connectivity index (χ2v) is 3.87. The SMILES string of the molecule is NCCSc1nnc2ccc(N)cn12. The smallest absolute Gasteiger partial charge is 0.195 e. The molecule has 0 amide bonds. The van der Waals surface area contributed by atoms with Gasteiger partial charge in [0.2, 0.25) is 0 Å². The molecule has 0 unspecified atom stereocenters. The fraction of sp³-hybridized carbons (Fsp3) is 0.250. The van der Waals surface area contributed by atoms with Gasteiger partial charge in [0.25, 0.3) is 0 Å². The van der Waals surface area contributed by atoms with Crippen LogP contribution in [0.3, 0.4) is 0 Å². The summed E-state index contributed by atoms with van der Waals surface area (Å²) >= 11 is 1.57. The van der Waals surface area contributed by atoms with Gasteiger partial charge in [-0.05, 0) is 12.1 Å². The molecule has 0 saturated heterocycles. The van der Waals surface area contributed by atoms with Gasteiger partial charge in [-0.15, -0.1) is 10.2 Å². The maximum absolute atomic E-state index is 5.67. The Kier molecular flexibility index (Phi) is 2.55. The van der Waals surface area contributed by atoms with Crippen molar-refractivity contribution in [3.63, 3.8) is 0 Å². The van der Waals surface area contributed by atoms with Crippen LogP contribution in [-0.4, -0.2) is 26.9 Å². The van der Waals surface area contributed by atoms with Crippen LogP contribution >= 0.6 is 11.8 Å². The van der Waals surface area contributed by atoms with Crippen LogP contribution in [0.15, 0.2) is 23.5 Å².